The molecule has 102 valence electrons. The normalized spacial score (nSPS) is 11.5. The van der Waals surface area contributed by atoms with Crippen LogP contribution in [0.15, 0.2) is 41.4 Å². The molecule has 0 unspecified atom stereocenters. The van der Waals surface area contributed by atoms with Gasteiger partial charge in [-0.25, -0.2) is 8.42 Å². The first-order valence-corrected chi connectivity index (χ1v) is 7.76. The molecule has 0 saturated carbocycles. The Kier molecular flexibility index (Phi) is 3.90. The number of aromatic nitrogens is 2. The van der Waals surface area contributed by atoms with Gasteiger partial charge in [0.2, 0.25) is 0 Å². The number of hydrogen-bond donors (Lipinski definition) is 1. The van der Waals surface area contributed by atoms with Gasteiger partial charge in [0.25, 0.3) is 0 Å². The quantitative estimate of drug-likeness (QED) is 0.912. The van der Waals surface area contributed by atoms with Gasteiger partial charge in [-0.2, -0.15) is 5.10 Å². The molecule has 0 fully saturated rings. The first kappa shape index (κ1) is 13.6. The van der Waals surface area contributed by atoms with Gasteiger partial charge in [-0.05, 0) is 18.6 Å². The molecule has 0 atom stereocenters. The number of para-hydroxylation sites is 1. The van der Waals surface area contributed by atoms with Gasteiger partial charge in [-0.15, -0.1) is 0 Å². The van der Waals surface area contributed by atoms with Gasteiger partial charge in [0.1, 0.15) is 0 Å². The Morgan fingerprint density at radius 3 is 2.63 bits per heavy atom. The molecule has 1 heterocycles. The Morgan fingerprint density at radius 2 is 2.00 bits per heavy atom. The molecular weight excluding hydrogens is 262 g/mol. The maximum absolute atomic E-state index is 12.2. The van der Waals surface area contributed by atoms with E-state index in [1.165, 1.54) is 0 Å². The monoisotopic (exact) mass is 279 g/mol. The summed E-state index contributed by atoms with van der Waals surface area (Å²) in [5.74, 6) is 0.773. The summed E-state index contributed by atoms with van der Waals surface area (Å²) in [4.78, 5) is 0.322. The van der Waals surface area contributed by atoms with Gasteiger partial charge >= 0.3 is 0 Å². The van der Waals surface area contributed by atoms with Crippen molar-refractivity contribution in [3.8, 4) is 0 Å². The summed E-state index contributed by atoms with van der Waals surface area (Å²) in [6.07, 6.45) is 2.39. The molecule has 0 spiro atoms. The van der Waals surface area contributed by atoms with Gasteiger partial charge in [0.05, 0.1) is 16.3 Å². The van der Waals surface area contributed by atoms with Crippen molar-refractivity contribution >= 4 is 21.3 Å². The van der Waals surface area contributed by atoms with Crippen LogP contribution in [-0.2, 0) is 16.9 Å². The molecule has 0 radical (unpaired) electrons. The van der Waals surface area contributed by atoms with E-state index in [4.69, 9.17) is 0 Å². The molecule has 2 aromatic rings. The Balaban J connectivity index is 2.36. The van der Waals surface area contributed by atoms with Crippen LogP contribution in [0.1, 0.15) is 13.3 Å². The fraction of sp³-hybridized carbons (Fsp3) is 0.308. The molecule has 0 saturated heterocycles. The molecule has 1 N–H and O–H groups in total. The number of nitrogens with one attached hydrogen (secondary N) is 1. The van der Waals surface area contributed by atoms with E-state index in [-0.39, 0.29) is 5.75 Å². The van der Waals surface area contributed by atoms with Crippen LogP contribution in [0.2, 0.25) is 0 Å². The Hall–Kier alpha value is -1.82. The number of benzene rings is 1. The summed E-state index contributed by atoms with van der Waals surface area (Å²) >= 11 is 0. The van der Waals surface area contributed by atoms with E-state index >= 15 is 0 Å². The highest BCUT2D eigenvalue weighted by Gasteiger charge is 2.17. The lowest BCUT2D eigenvalue weighted by molar-refractivity contribution is 0.595. The van der Waals surface area contributed by atoms with Crippen molar-refractivity contribution in [3.05, 3.63) is 36.5 Å². The van der Waals surface area contributed by atoms with E-state index in [2.05, 4.69) is 10.4 Å². The molecule has 0 amide bonds. The second-order valence-electron chi connectivity index (χ2n) is 4.31. The molecule has 1 aromatic heterocycles. The fourth-order valence-corrected chi connectivity index (χ4v) is 3.34. The van der Waals surface area contributed by atoms with Crippen molar-refractivity contribution in [3.63, 3.8) is 0 Å². The highest BCUT2D eigenvalue weighted by Crippen LogP contribution is 2.25. The lowest BCUT2D eigenvalue weighted by Crippen LogP contribution is -2.08. The summed E-state index contributed by atoms with van der Waals surface area (Å²) < 4.78 is 26.0. The molecule has 6 heteroatoms. The third-order valence-electron chi connectivity index (χ3n) is 2.67. The number of rotatable bonds is 5. The van der Waals surface area contributed by atoms with Crippen LogP contribution >= 0.6 is 0 Å². The van der Waals surface area contributed by atoms with E-state index in [0.717, 1.165) is 0 Å². The first-order chi connectivity index (χ1) is 9.03. The minimum atomic E-state index is -3.25. The van der Waals surface area contributed by atoms with Crippen LogP contribution < -0.4 is 5.32 Å². The highest BCUT2D eigenvalue weighted by molar-refractivity contribution is 7.91. The van der Waals surface area contributed by atoms with Crippen LogP contribution in [0.3, 0.4) is 0 Å². The van der Waals surface area contributed by atoms with Gasteiger partial charge in [0.15, 0.2) is 15.7 Å². The van der Waals surface area contributed by atoms with Crippen molar-refractivity contribution in [2.75, 3.05) is 11.1 Å². The zero-order chi connectivity index (χ0) is 13.9. The number of nitrogens with zero attached hydrogens (tertiary/aromatic N) is 2. The van der Waals surface area contributed by atoms with Crippen LogP contribution in [0.25, 0.3) is 0 Å². The summed E-state index contributed by atoms with van der Waals surface area (Å²) in [5.41, 5.74) is 0.564. The Bertz CT molecular complexity index is 662. The lowest BCUT2D eigenvalue weighted by Gasteiger charge is -2.10. The maximum Gasteiger partial charge on any atom is 0.180 e. The second kappa shape index (κ2) is 5.44. The standard InChI is InChI=1S/C13H17N3O2S/c1-3-10-19(17,18)12-7-5-4-6-11(12)14-13-8-9-16(2)15-13/h4-9H,3,10H2,1-2H3,(H,14,15). The average Bonchev–Trinajstić information content (AvgIpc) is 2.75. The zero-order valence-corrected chi connectivity index (χ0v) is 11.8. The van der Waals surface area contributed by atoms with Crippen molar-refractivity contribution in [2.24, 2.45) is 7.05 Å². The van der Waals surface area contributed by atoms with E-state index in [1.54, 1.807) is 41.2 Å². The molecule has 0 aliphatic rings. The largest absolute Gasteiger partial charge is 0.338 e. The lowest BCUT2D eigenvalue weighted by atomic mass is 10.3. The third-order valence-corrected chi connectivity index (χ3v) is 4.64. The molecule has 0 aliphatic carbocycles. The van der Waals surface area contributed by atoms with Crippen LogP contribution in [0.4, 0.5) is 11.5 Å². The fourth-order valence-electron chi connectivity index (χ4n) is 1.84. The van der Waals surface area contributed by atoms with Crippen molar-refractivity contribution < 1.29 is 8.42 Å². The van der Waals surface area contributed by atoms with Crippen molar-refractivity contribution in [1.29, 1.82) is 0 Å². The smallest absolute Gasteiger partial charge is 0.180 e. The number of hydrogen-bond acceptors (Lipinski definition) is 4. The number of aryl methyl sites for hydroxylation is 1. The second-order valence-corrected chi connectivity index (χ2v) is 6.39. The van der Waals surface area contributed by atoms with Crippen LogP contribution in [-0.4, -0.2) is 24.0 Å². The third kappa shape index (κ3) is 3.14. The number of anilines is 2. The molecule has 1 aromatic carbocycles. The summed E-state index contributed by atoms with van der Waals surface area (Å²) in [6.45, 7) is 1.85. The molecule has 19 heavy (non-hydrogen) atoms. The van der Waals surface area contributed by atoms with E-state index < -0.39 is 9.84 Å². The summed E-state index contributed by atoms with van der Waals surface area (Å²) in [7, 11) is -1.44. The molecule has 0 aliphatic heterocycles. The van der Waals surface area contributed by atoms with Gasteiger partial charge in [-0.3, -0.25) is 4.68 Å². The Labute approximate surface area is 113 Å². The molecule has 2 rings (SSSR count). The minimum absolute atomic E-state index is 0.147. The predicted octanol–water partition coefficient (Wildman–Crippen LogP) is 2.35. The molecule has 0 bridgehead atoms. The maximum atomic E-state index is 12.2. The average molecular weight is 279 g/mol. The van der Waals surface area contributed by atoms with E-state index in [1.807, 2.05) is 14.0 Å². The van der Waals surface area contributed by atoms with Gasteiger partial charge in [-0.1, -0.05) is 19.1 Å². The topological polar surface area (TPSA) is 64.0 Å². The van der Waals surface area contributed by atoms with Crippen molar-refractivity contribution in [1.82, 2.24) is 9.78 Å². The highest BCUT2D eigenvalue weighted by atomic mass is 32.2. The van der Waals surface area contributed by atoms with Crippen molar-refractivity contribution in [2.45, 2.75) is 18.2 Å². The minimum Gasteiger partial charge on any atom is -0.338 e. The molecule has 5 nitrogen and oxygen atoms in total. The number of sulfone groups is 1. The predicted molar refractivity (Wildman–Crippen MR) is 75.3 cm³/mol. The molecular formula is C13H17N3O2S. The van der Waals surface area contributed by atoms with Gasteiger partial charge in [0, 0.05) is 19.3 Å². The van der Waals surface area contributed by atoms with Crippen LogP contribution in [0, 0.1) is 0 Å². The van der Waals surface area contributed by atoms with E-state index in [9.17, 15) is 8.42 Å². The SMILES string of the molecule is CCCS(=O)(=O)c1ccccc1Nc1ccn(C)n1. The van der Waals surface area contributed by atoms with Crippen LogP contribution in [0.5, 0.6) is 0 Å². The first-order valence-electron chi connectivity index (χ1n) is 6.11. The summed E-state index contributed by atoms with van der Waals surface area (Å²) in [6, 6.07) is 8.69. The summed E-state index contributed by atoms with van der Waals surface area (Å²) in [5, 5.41) is 7.23. The Morgan fingerprint density at radius 1 is 1.26 bits per heavy atom. The zero-order valence-electron chi connectivity index (χ0n) is 11.0. The van der Waals surface area contributed by atoms with E-state index in [0.29, 0.717) is 22.8 Å². The van der Waals surface area contributed by atoms with Gasteiger partial charge < -0.3 is 5.32 Å².